The quantitative estimate of drug-likeness (QED) is 0.655. The van der Waals surface area contributed by atoms with Crippen LogP contribution in [0, 0.1) is 11.3 Å². The zero-order valence-electron chi connectivity index (χ0n) is 17.2. The molecule has 30 heavy (non-hydrogen) atoms. The van der Waals surface area contributed by atoms with Gasteiger partial charge in [-0.25, -0.2) is 0 Å². The number of pyridine rings is 1. The van der Waals surface area contributed by atoms with Crippen molar-refractivity contribution in [2.45, 2.75) is 37.7 Å². The summed E-state index contributed by atoms with van der Waals surface area (Å²) in [5, 5.41) is 10.7. The summed E-state index contributed by atoms with van der Waals surface area (Å²) in [5.41, 5.74) is 3.03. The molecule has 0 bridgehead atoms. The van der Waals surface area contributed by atoms with E-state index in [-0.39, 0.29) is 17.2 Å². The van der Waals surface area contributed by atoms with E-state index in [1.54, 1.807) is 11.6 Å². The number of anilines is 1. The number of rotatable bonds is 4. The highest BCUT2D eigenvalue weighted by Crippen LogP contribution is 2.40. The normalized spacial score (nSPS) is 17.1. The van der Waals surface area contributed by atoms with Gasteiger partial charge < -0.3 is 14.2 Å². The number of aryl methyl sites for hydroxylation is 1. The maximum absolute atomic E-state index is 12.8. The van der Waals surface area contributed by atoms with Crippen LogP contribution in [0.4, 0.5) is 5.69 Å². The van der Waals surface area contributed by atoms with Gasteiger partial charge in [-0.05, 0) is 42.5 Å². The lowest BCUT2D eigenvalue weighted by atomic mass is 10.0. The summed E-state index contributed by atoms with van der Waals surface area (Å²) in [6.45, 7) is 1.52. The van der Waals surface area contributed by atoms with Crippen molar-refractivity contribution < 1.29 is 4.74 Å². The minimum absolute atomic E-state index is 0.149. The Balaban J connectivity index is 1.35. The predicted octanol–water partition coefficient (Wildman–Crippen LogP) is 4.34. The highest BCUT2D eigenvalue weighted by Gasteiger charge is 2.26. The van der Waals surface area contributed by atoms with Crippen molar-refractivity contribution in [3.63, 3.8) is 0 Å². The van der Waals surface area contributed by atoms with Gasteiger partial charge in [-0.1, -0.05) is 30.3 Å². The van der Waals surface area contributed by atoms with Crippen LogP contribution in [-0.4, -0.2) is 23.8 Å². The molecule has 1 aliphatic heterocycles. The standard InChI is InChI=1S/C25H25N3O2/c1-27-23-5-3-2-4-21(23)24(22(16-26)25(27)29)28-14-12-20(13-15-28)30-19-10-8-18(9-11-19)17-6-7-17/h2-5,8-11,17,20H,6-7,12-15H2,1H3. The molecule has 5 nitrogen and oxygen atoms in total. The lowest BCUT2D eigenvalue weighted by Gasteiger charge is -2.35. The van der Waals surface area contributed by atoms with Crippen LogP contribution >= 0.6 is 0 Å². The molecule has 1 saturated heterocycles. The number of aromatic nitrogens is 1. The molecule has 152 valence electrons. The van der Waals surface area contributed by atoms with E-state index in [1.807, 2.05) is 24.3 Å². The van der Waals surface area contributed by atoms with E-state index in [0.717, 1.165) is 54.2 Å². The van der Waals surface area contributed by atoms with E-state index in [9.17, 15) is 10.1 Å². The van der Waals surface area contributed by atoms with E-state index in [1.165, 1.54) is 18.4 Å². The third-order valence-corrected chi connectivity index (χ3v) is 6.38. The first-order valence-corrected chi connectivity index (χ1v) is 10.7. The van der Waals surface area contributed by atoms with Crippen LogP contribution in [0.5, 0.6) is 5.75 Å². The molecule has 2 aromatic carbocycles. The first kappa shape index (κ1) is 18.7. The molecule has 2 fully saturated rings. The second kappa shape index (κ2) is 7.53. The third kappa shape index (κ3) is 3.33. The van der Waals surface area contributed by atoms with E-state index in [0.29, 0.717) is 0 Å². The molecular weight excluding hydrogens is 374 g/mol. The van der Waals surface area contributed by atoms with Crippen LogP contribution in [0.2, 0.25) is 0 Å². The van der Waals surface area contributed by atoms with Crippen molar-refractivity contribution in [1.29, 1.82) is 5.26 Å². The minimum Gasteiger partial charge on any atom is -0.490 e. The van der Waals surface area contributed by atoms with Crippen molar-refractivity contribution in [1.82, 2.24) is 4.57 Å². The third-order valence-electron chi connectivity index (χ3n) is 6.38. The predicted molar refractivity (Wildman–Crippen MR) is 118 cm³/mol. The monoisotopic (exact) mass is 399 g/mol. The van der Waals surface area contributed by atoms with Crippen molar-refractivity contribution >= 4 is 16.6 Å². The molecule has 1 aromatic heterocycles. The Morgan fingerprint density at radius 3 is 2.37 bits per heavy atom. The summed E-state index contributed by atoms with van der Waals surface area (Å²) in [6.07, 6.45) is 4.48. The zero-order chi connectivity index (χ0) is 20.7. The topological polar surface area (TPSA) is 58.3 Å². The number of nitrogens with zero attached hydrogens (tertiary/aromatic N) is 3. The molecular formula is C25H25N3O2. The van der Waals surface area contributed by atoms with Gasteiger partial charge in [-0.3, -0.25) is 4.79 Å². The van der Waals surface area contributed by atoms with E-state index in [4.69, 9.17) is 4.74 Å². The Morgan fingerprint density at radius 1 is 1.00 bits per heavy atom. The van der Waals surface area contributed by atoms with Crippen LogP contribution in [-0.2, 0) is 7.05 Å². The average Bonchev–Trinajstić information content (AvgIpc) is 3.63. The summed E-state index contributed by atoms with van der Waals surface area (Å²) in [7, 11) is 1.73. The largest absolute Gasteiger partial charge is 0.490 e. The van der Waals surface area contributed by atoms with Gasteiger partial charge >= 0.3 is 0 Å². The molecule has 2 aliphatic rings. The number of para-hydroxylation sites is 1. The van der Waals surface area contributed by atoms with Crippen molar-refractivity contribution in [3.05, 3.63) is 70.0 Å². The van der Waals surface area contributed by atoms with Crippen LogP contribution < -0.4 is 15.2 Å². The van der Waals surface area contributed by atoms with Crippen LogP contribution in [0.3, 0.4) is 0 Å². The van der Waals surface area contributed by atoms with E-state index in [2.05, 4.69) is 35.2 Å². The van der Waals surface area contributed by atoms with Gasteiger partial charge in [0, 0.05) is 38.4 Å². The van der Waals surface area contributed by atoms with Gasteiger partial charge in [0.05, 0.1) is 11.2 Å². The highest BCUT2D eigenvalue weighted by molar-refractivity contribution is 5.94. The van der Waals surface area contributed by atoms with E-state index < -0.39 is 0 Å². The number of piperidine rings is 1. The van der Waals surface area contributed by atoms with Gasteiger partial charge in [0.2, 0.25) is 0 Å². The molecule has 3 aromatic rings. The fourth-order valence-electron chi connectivity index (χ4n) is 4.53. The summed E-state index contributed by atoms with van der Waals surface area (Å²) in [6, 6.07) is 18.5. The lowest BCUT2D eigenvalue weighted by Crippen LogP contribution is -2.40. The van der Waals surface area contributed by atoms with Gasteiger partial charge in [0.15, 0.2) is 0 Å². The van der Waals surface area contributed by atoms with Crippen molar-refractivity contribution in [2.24, 2.45) is 7.05 Å². The van der Waals surface area contributed by atoms with E-state index >= 15 is 0 Å². The Bertz CT molecular complexity index is 1180. The molecule has 1 aliphatic carbocycles. The number of benzene rings is 2. The number of hydrogen-bond acceptors (Lipinski definition) is 4. The molecule has 0 spiro atoms. The molecule has 0 unspecified atom stereocenters. The van der Waals surface area contributed by atoms with Gasteiger partial charge in [0.25, 0.3) is 5.56 Å². The highest BCUT2D eigenvalue weighted by atomic mass is 16.5. The maximum atomic E-state index is 12.8. The molecule has 1 saturated carbocycles. The Morgan fingerprint density at radius 2 is 1.70 bits per heavy atom. The summed E-state index contributed by atoms with van der Waals surface area (Å²) >= 11 is 0. The molecule has 0 atom stereocenters. The maximum Gasteiger partial charge on any atom is 0.270 e. The van der Waals surface area contributed by atoms with Crippen LogP contribution in [0.25, 0.3) is 10.9 Å². The van der Waals surface area contributed by atoms with Gasteiger partial charge in [-0.15, -0.1) is 0 Å². The fraction of sp³-hybridized carbons (Fsp3) is 0.360. The molecule has 0 radical (unpaired) electrons. The number of hydrogen-bond donors (Lipinski definition) is 0. The second-order valence-electron chi connectivity index (χ2n) is 8.36. The van der Waals surface area contributed by atoms with Gasteiger partial charge in [-0.2, -0.15) is 5.26 Å². The molecule has 0 N–H and O–H groups in total. The fourth-order valence-corrected chi connectivity index (χ4v) is 4.53. The van der Waals surface area contributed by atoms with Crippen molar-refractivity contribution in [3.8, 4) is 11.8 Å². The smallest absolute Gasteiger partial charge is 0.270 e. The number of ether oxygens (including phenoxy) is 1. The Labute approximate surface area is 176 Å². The van der Waals surface area contributed by atoms with Crippen LogP contribution in [0.15, 0.2) is 53.3 Å². The first-order valence-electron chi connectivity index (χ1n) is 10.7. The Kier molecular flexibility index (Phi) is 4.71. The summed E-state index contributed by atoms with van der Waals surface area (Å²) in [4.78, 5) is 14.9. The molecule has 2 heterocycles. The lowest BCUT2D eigenvalue weighted by molar-refractivity contribution is 0.171. The average molecular weight is 399 g/mol. The Hall–Kier alpha value is -3.26. The summed E-state index contributed by atoms with van der Waals surface area (Å²) in [5.74, 6) is 1.68. The second-order valence-corrected chi connectivity index (χ2v) is 8.36. The number of fused-ring (bicyclic) bond motifs is 1. The van der Waals surface area contributed by atoms with Crippen molar-refractivity contribution in [2.75, 3.05) is 18.0 Å². The first-order chi connectivity index (χ1) is 14.7. The number of nitriles is 1. The molecule has 0 amide bonds. The zero-order valence-corrected chi connectivity index (χ0v) is 17.2. The van der Waals surface area contributed by atoms with Crippen LogP contribution in [0.1, 0.15) is 42.7 Å². The SMILES string of the molecule is Cn1c(=O)c(C#N)c(N2CCC(Oc3ccc(C4CC4)cc3)CC2)c2ccccc21. The minimum atomic E-state index is -0.236. The molecule has 5 heteroatoms. The van der Waals surface area contributed by atoms with Gasteiger partial charge in [0.1, 0.15) is 23.5 Å². The summed E-state index contributed by atoms with van der Waals surface area (Å²) < 4.78 is 7.79. The molecule has 5 rings (SSSR count).